The Hall–Kier alpha value is -1.80. The second kappa shape index (κ2) is 6.97. The van der Waals surface area contributed by atoms with Gasteiger partial charge in [-0.1, -0.05) is 0 Å². The maximum atomic E-state index is 13.6. The highest BCUT2D eigenvalue weighted by atomic mass is 79.9. The zero-order valence-corrected chi connectivity index (χ0v) is 13.6. The van der Waals surface area contributed by atoms with Gasteiger partial charge in [0, 0.05) is 17.8 Å². The Morgan fingerprint density at radius 3 is 2.64 bits per heavy atom. The van der Waals surface area contributed by atoms with Crippen molar-refractivity contribution in [2.24, 2.45) is 0 Å². The van der Waals surface area contributed by atoms with E-state index in [1.54, 1.807) is 0 Å². The minimum absolute atomic E-state index is 0.0220. The minimum Gasteiger partial charge on any atom is -0.507 e. The molecule has 0 aromatic heterocycles. The molecule has 0 saturated carbocycles. The van der Waals surface area contributed by atoms with Crippen LogP contribution < -0.4 is 4.72 Å². The molecule has 4 nitrogen and oxygen atoms in total. The Bertz CT molecular complexity index is 727. The molecule has 8 heteroatoms. The van der Waals surface area contributed by atoms with Crippen molar-refractivity contribution in [3.05, 3.63) is 52.0 Å². The van der Waals surface area contributed by atoms with Crippen molar-refractivity contribution in [1.29, 1.82) is 0 Å². The van der Waals surface area contributed by atoms with Gasteiger partial charge in [-0.3, -0.25) is 0 Å². The standard InChI is InChI=1S/C14H10BrF2NO3S/c1-21-14(20)8-3-2-7(4-12(8)19)18-22-13-5-9(15)10(16)6-11(13)17/h2-6,18-19H,1H3. The lowest BCUT2D eigenvalue weighted by Gasteiger charge is -2.09. The number of esters is 1. The van der Waals surface area contributed by atoms with Gasteiger partial charge in [-0.15, -0.1) is 0 Å². The number of benzene rings is 2. The molecule has 2 aromatic rings. The molecular weight excluding hydrogens is 380 g/mol. The number of aromatic hydroxyl groups is 1. The Morgan fingerprint density at radius 1 is 1.27 bits per heavy atom. The molecule has 0 atom stereocenters. The molecule has 2 rings (SSSR count). The van der Waals surface area contributed by atoms with Crippen molar-refractivity contribution in [3.8, 4) is 5.75 Å². The van der Waals surface area contributed by atoms with Crippen LogP contribution in [0.3, 0.4) is 0 Å². The van der Waals surface area contributed by atoms with Crippen molar-refractivity contribution in [1.82, 2.24) is 0 Å². The second-order valence-corrected chi connectivity index (χ2v) is 5.83. The number of hydrogen-bond acceptors (Lipinski definition) is 5. The summed E-state index contributed by atoms with van der Waals surface area (Å²) in [5.74, 6) is -2.33. The highest BCUT2D eigenvalue weighted by molar-refractivity contribution is 9.10. The van der Waals surface area contributed by atoms with E-state index in [-0.39, 0.29) is 20.7 Å². The molecule has 2 aromatic carbocycles. The molecule has 0 aliphatic rings. The van der Waals surface area contributed by atoms with E-state index in [4.69, 9.17) is 0 Å². The molecular formula is C14H10BrF2NO3S. The molecule has 0 aliphatic carbocycles. The van der Waals surface area contributed by atoms with E-state index < -0.39 is 17.6 Å². The molecule has 0 saturated heterocycles. The summed E-state index contributed by atoms with van der Waals surface area (Å²) < 4.78 is 34.2. The fourth-order valence-electron chi connectivity index (χ4n) is 1.57. The Kier molecular flexibility index (Phi) is 5.25. The molecule has 0 spiro atoms. The number of methoxy groups -OCH3 is 1. The summed E-state index contributed by atoms with van der Waals surface area (Å²) in [5, 5.41) is 9.74. The van der Waals surface area contributed by atoms with Crippen molar-refractivity contribution in [3.63, 3.8) is 0 Å². The third-order valence-corrected chi connectivity index (χ3v) is 4.13. The van der Waals surface area contributed by atoms with E-state index in [9.17, 15) is 18.7 Å². The van der Waals surface area contributed by atoms with E-state index >= 15 is 0 Å². The van der Waals surface area contributed by atoms with Crippen LogP contribution in [0.5, 0.6) is 5.75 Å². The molecule has 116 valence electrons. The first kappa shape index (κ1) is 16.6. The SMILES string of the molecule is COC(=O)c1ccc(NSc2cc(Br)c(F)cc2F)cc1O. The van der Waals surface area contributed by atoms with Crippen LogP contribution in [0.2, 0.25) is 0 Å². The summed E-state index contributed by atoms with van der Waals surface area (Å²) in [5.41, 5.74) is 0.462. The maximum absolute atomic E-state index is 13.6. The van der Waals surface area contributed by atoms with Gasteiger partial charge < -0.3 is 14.6 Å². The monoisotopic (exact) mass is 389 g/mol. The first-order valence-electron chi connectivity index (χ1n) is 5.91. The average Bonchev–Trinajstić information content (AvgIpc) is 2.49. The van der Waals surface area contributed by atoms with E-state index in [2.05, 4.69) is 25.4 Å². The quantitative estimate of drug-likeness (QED) is 0.462. The Morgan fingerprint density at radius 2 is 2.00 bits per heavy atom. The van der Waals surface area contributed by atoms with Gasteiger partial charge in [-0.2, -0.15) is 0 Å². The lowest BCUT2D eigenvalue weighted by atomic mass is 10.2. The van der Waals surface area contributed by atoms with Gasteiger partial charge in [0.05, 0.1) is 16.5 Å². The van der Waals surface area contributed by atoms with Crippen LogP contribution in [-0.2, 0) is 4.74 Å². The zero-order chi connectivity index (χ0) is 16.3. The molecule has 22 heavy (non-hydrogen) atoms. The Labute approximate surface area is 137 Å². The van der Waals surface area contributed by atoms with Crippen LogP contribution in [-0.4, -0.2) is 18.2 Å². The third kappa shape index (κ3) is 3.69. The topological polar surface area (TPSA) is 58.6 Å². The fourth-order valence-corrected chi connectivity index (χ4v) is 2.76. The maximum Gasteiger partial charge on any atom is 0.341 e. The molecule has 0 fully saturated rings. The molecule has 0 amide bonds. The predicted molar refractivity (Wildman–Crippen MR) is 83.0 cm³/mol. The number of carbonyl (C=O) groups excluding carboxylic acids is 1. The van der Waals surface area contributed by atoms with Crippen LogP contribution in [0.1, 0.15) is 10.4 Å². The summed E-state index contributed by atoms with van der Waals surface area (Å²) in [6.45, 7) is 0. The minimum atomic E-state index is -0.714. The lowest BCUT2D eigenvalue weighted by Crippen LogP contribution is -2.01. The number of phenols is 1. The summed E-state index contributed by atoms with van der Waals surface area (Å²) >= 11 is 3.88. The van der Waals surface area contributed by atoms with Crippen molar-refractivity contribution in [2.75, 3.05) is 11.8 Å². The van der Waals surface area contributed by atoms with E-state index in [0.29, 0.717) is 5.69 Å². The van der Waals surface area contributed by atoms with Gasteiger partial charge in [-0.05, 0) is 46.1 Å². The number of anilines is 1. The van der Waals surface area contributed by atoms with Gasteiger partial charge >= 0.3 is 5.97 Å². The highest BCUT2D eigenvalue weighted by Crippen LogP contribution is 2.30. The molecule has 0 aliphatic heterocycles. The third-order valence-electron chi connectivity index (χ3n) is 2.66. The fraction of sp³-hybridized carbons (Fsp3) is 0.0714. The van der Waals surface area contributed by atoms with Crippen molar-refractivity contribution in [2.45, 2.75) is 4.90 Å². The van der Waals surface area contributed by atoms with Crippen LogP contribution >= 0.6 is 27.9 Å². The van der Waals surface area contributed by atoms with E-state index in [1.165, 1.54) is 31.4 Å². The largest absolute Gasteiger partial charge is 0.507 e. The number of halogens is 3. The van der Waals surface area contributed by atoms with Gasteiger partial charge in [0.1, 0.15) is 22.9 Å². The van der Waals surface area contributed by atoms with Crippen LogP contribution in [0, 0.1) is 11.6 Å². The molecule has 0 unspecified atom stereocenters. The predicted octanol–water partition coefficient (Wildman–Crippen LogP) is 4.34. The molecule has 2 N–H and O–H groups in total. The van der Waals surface area contributed by atoms with E-state index in [0.717, 1.165) is 18.0 Å². The highest BCUT2D eigenvalue weighted by Gasteiger charge is 2.13. The van der Waals surface area contributed by atoms with E-state index in [1.807, 2.05) is 0 Å². The zero-order valence-electron chi connectivity index (χ0n) is 11.2. The number of hydrogen-bond donors (Lipinski definition) is 2. The summed E-state index contributed by atoms with van der Waals surface area (Å²) in [6, 6.07) is 6.27. The normalized spacial score (nSPS) is 10.4. The second-order valence-electron chi connectivity index (χ2n) is 4.12. The number of nitrogens with one attached hydrogen (secondary N) is 1. The number of ether oxygens (including phenoxy) is 1. The molecule has 0 bridgehead atoms. The number of rotatable bonds is 4. The summed E-state index contributed by atoms with van der Waals surface area (Å²) in [7, 11) is 1.21. The van der Waals surface area contributed by atoms with Crippen LogP contribution in [0.4, 0.5) is 14.5 Å². The molecule has 0 heterocycles. The van der Waals surface area contributed by atoms with Crippen LogP contribution in [0.15, 0.2) is 39.7 Å². The van der Waals surface area contributed by atoms with Crippen LogP contribution in [0.25, 0.3) is 0 Å². The summed E-state index contributed by atoms with van der Waals surface area (Å²) in [4.78, 5) is 11.5. The number of phenolic OH excluding ortho intramolecular Hbond substituents is 1. The smallest absolute Gasteiger partial charge is 0.341 e. The van der Waals surface area contributed by atoms with Gasteiger partial charge in [0.2, 0.25) is 0 Å². The number of carbonyl (C=O) groups is 1. The molecule has 0 radical (unpaired) electrons. The first-order chi connectivity index (χ1) is 10.4. The first-order valence-corrected chi connectivity index (χ1v) is 7.52. The van der Waals surface area contributed by atoms with Gasteiger partial charge in [0.25, 0.3) is 0 Å². The van der Waals surface area contributed by atoms with Crippen molar-refractivity contribution < 1.29 is 23.4 Å². The summed E-state index contributed by atoms with van der Waals surface area (Å²) in [6.07, 6.45) is 0. The van der Waals surface area contributed by atoms with Gasteiger partial charge in [-0.25, -0.2) is 13.6 Å². The Balaban J connectivity index is 2.14. The average molecular weight is 390 g/mol. The lowest BCUT2D eigenvalue weighted by molar-refractivity contribution is 0.0597. The van der Waals surface area contributed by atoms with Gasteiger partial charge in [0.15, 0.2) is 0 Å². The van der Waals surface area contributed by atoms with Crippen molar-refractivity contribution >= 4 is 39.5 Å².